The lowest BCUT2D eigenvalue weighted by Crippen LogP contribution is -2.13. The molecule has 76 valence electrons. The van der Waals surface area contributed by atoms with Crippen molar-refractivity contribution in [2.24, 2.45) is 0 Å². The van der Waals surface area contributed by atoms with E-state index in [-0.39, 0.29) is 0 Å². The third-order valence-corrected chi connectivity index (χ3v) is 4.75. The fourth-order valence-electron chi connectivity index (χ4n) is 1.89. The van der Waals surface area contributed by atoms with E-state index in [9.17, 15) is 4.79 Å². The molecule has 0 radical (unpaired) electrons. The summed E-state index contributed by atoms with van der Waals surface area (Å²) in [5, 5.41) is 0. The molecule has 1 fully saturated rings. The molecule has 1 aliphatic heterocycles. The zero-order valence-electron chi connectivity index (χ0n) is 8.00. The lowest BCUT2D eigenvalue weighted by molar-refractivity contribution is 0.112. The molecule has 0 spiro atoms. The summed E-state index contributed by atoms with van der Waals surface area (Å²) < 4.78 is 1.10. The normalized spacial score (nSPS) is 22.9. The maximum Gasteiger partial charge on any atom is 0.160 e. The molecular weight excluding hydrogens is 262 g/mol. The largest absolute Gasteiger partial charge is 0.306 e. The molecule has 0 N–H and O–H groups in total. The summed E-state index contributed by atoms with van der Waals surface area (Å²) >= 11 is 5.14. The van der Waals surface area contributed by atoms with Gasteiger partial charge in [-0.1, -0.05) is 0 Å². The Morgan fingerprint density at radius 2 is 2.50 bits per heavy atom. The lowest BCUT2D eigenvalue weighted by Gasteiger charge is -2.08. The predicted molar refractivity (Wildman–Crippen MR) is 62.3 cm³/mol. The molecule has 0 saturated carbocycles. The molecule has 1 aliphatic rings. The van der Waals surface area contributed by atoms with Gasteiger partial charge in [-0.25, -0.2) is 0 Å². The van der Waals surface area contributed by atoms with Gasteiger partial charge in [0, 0.05) is 21.8 Å². The Labute approximate surface area is 96.0 Å². The molecule has 0 amide bonds. The fourth-order valence-corrected chi connectivity index (χ4v) is 3.85. The van der Waals surface area contributed by atoms with E-state index < -0.39 is 0 Å². The fraction of sp³-hybridized carbons (Fsp3) is 0.500. The average molecular weight is 274 g/mol. The van der Waals surface area contributed by atoms with Gasteiger partial charge < -0.3 is 4.90 Å². The number of nitrogens with zero attached hydrogens (tertiary/aromatic N) is 1. The Morgan fingerprint density at radius 1 is 1.71 bits per heavy atom. The van der Waals surface area contributed by atoms with Gasteiger partial charge in [0.05, 0.1) is 4.88 Å². The molecule has 1 aromatic rings. The highest BCUT2D eigenvalue weighted by Gasteiger charge is 2.24. The molecule has 2 nitrogen and oxygen atoms in total. The van der Waals surface area contributed by atoms with Crippen molar-refractivity contribution in [3.63, 3.8) is 0 Å². The summed E-state index contributed by atoms with van der Waals surface area (Å²) in [6.07, 6.45) is 2.13. The van der Waals surface area contributed by atoms with E-state index in [2.05, 4.69) is 27.9 Å². The van der Waals surface area contributed by atoms with Gasteiger partial charge in [-0.3, -0.25) is 4.79 Å². The zero-order valence-corrected chi connectivity index (χ0v) is 10.4. The molecule has 4 heteroatoms. The molecule has 1 aromatic heterocycles. The van der Waals surface area contributed by atoms with Crippen molar-refractivity contribution in [3.05, 3.63) is 20.3 Å². The Bertz CT molecular complexity index is 350. The monoisotopic (exact) mass is 273 g/mol. The van der Waals surface area contributed by atoms with Gasteiger partial charge in [0.2, 0.25) is 0 Å². The van der Waals surface area contributed by atoms with Crippen molar-refractivity contribution in [2.75, 3.05) is 20.1 Å². The van der Waals surface area contributed by atoms with E-state index in [0.717, 1.165) is 28.7 Å². The first-order valence-electron chi connectivity index (χ1n) is 4.63. The van der Waals surface area contributed by atoms with Crippen LogP contribution >= 0.6 is 27.3 Å². The van der Waals surface area contributed by atoms with Gasteiger partial charge in [-0.15, -0.1) is 11.3 Å². The number of hydrogen-bond acceptors (Lipinski definition) is 3. The van der Waals surface area contributed by atoms with Gasteiger partial charge >= 0.3 is 0 Å². The van der Waals surface area contributed by atoms with E-state index in [4.69, 9.17) is 0 Å². The van der Waals surface area contributed by atoms with Crippen molar-refractivity contribution >= 4 is 33.6 Å². The second-order valence-electron chi connectivity index (χ2n) is 3.73. The van der Waals surface area contributed by atoms with Gasteiger partial charge in [0.25, 0.3) is 0 Å². The van der Waals surface area contributed by atoms with Crippen LogP contribution in [0.3, 0.4) is 0 Å². The third kappa shape index (κ3) is 1.92. The van der Waals surface area contributed by atoms with Gasteiger partial charge in [0.15, 0.2) is 6.29 Å². The predicted octanol–water partition coefficient (Wildman–Crippen LogP) is 2.74. The van der Waals surface area contributed by atoms with Crippen LogP contribution in [0.4, 0.5) is 0 Å². The summed E-state index contributed by atoms with van der Waals surface area (Å²) in [5.41, 5.74) is 0. The first kappa shape index (κ1) is 10.3. The van der Waals surface area contributed by atoms with Crippen LogP contribution in [-0.2, 0) is 0 Å². The van der Waals surface area contributed by atoms with Crippen LogP contribution in [-0.4, -0.2) is 31.3 Å². The first-order chi connectivity index (χ1) is 6.70. The second kappa shape index (κ2) is 4.13. The highest BCUT2D eigenvalue weighted by molar-refractivity contribution is 9.10. The smallest absolute Gasteiger partial charge is 0.160 e. The van der Waals surface area contributed by atoms with Crippen LogP contribution in [0, 0.1) is 0 Å². The Balaban J connectivity index is 2.23. The molecule has 2 heterocycles. The minimum Gasteiger partial charge on any atom is -0.306 e. The van der Waals surface area contributed by atoms with Crippen LogP contribution in [0.2, 0.25) is 0 Å². The molecule has 14 heavy (non-hydrogen) atoms. The molecule has 2 rings (SSSR count). The van der Waals surface area contributed by atoms with Crippen LogP contribution in [0.5, 0.6) is 0 Å². The van der Waals surface area contributed by atoms with Gasteiger partial charge in [-0.05, 0) is 42.0 Å². The second-order valence-corrected chi connectivity index (χ2v) is 5.70. The van der Waals surface area contributed by atoms with Gasteiger partial charge in [0.1, 0.15) is 0 Å². The van der Waals surface area contributed by atoms with Crippen molar-refractivity contribution in [1.82, 2.24) is 4.90 Å². The summed E-state index contributed by atoms with van der Waals surface area (Å²) in [6.45, 7) is 2.27. The van der Waals surface area contributed by atoms with Crippen molar-refractivity contribution in [1.29, 1.82) is 0 Å². The number of hydrogen-bond donors (Lipinski definition) is 0. The number of likely N-dealkylation sites (N-methyl/N-ethyl adjacent to an activating group) is 1. The topological polar surface area (TPSA) is 20.3 Å². The molecule has 1 atom stereocenters. The van der Waals surface area contributed by atoms with Crippen LogP contribution in [0.1, 0.15) is 26.9 Å². The average Bonchev–Trinajstić information content (AvgIpc) is 2.71. The van der Waals surface area contributed by atoms with Gasteiger partial charge in [-0.2, -0.15) is 0 Å². The summed E-state index contributed by atoms with van der Waals surface area (Å²) in [6, 6.07) is 1.92. The number of rotatable bonds is 2. The first-order valence-corrected chi connectivity index (χ1v) is 6.24. The zero-order chi connectivity index (χ0) is 10.1. The lowest BCUT2D eigenvalue weighted by atomic mass is 10.1. The van der Waals surface area contributed by atoms with E-state index >= 15 is 0 Å². The molecule has 0 aliphatic carbocycles. The number of carbonyl (C=O) groups is 1. The van der Waals surface area contributed by atoms with Crippen LogP contribution < -0.4 is 0 Å². The van der Waals surface area contributed by atoms with Crippen molar-refractivity contribution in [3.8, 4) is 0 Å². The molecule has 1 unspecified atom stereocenters. The summed E-state index contributed by atoms with van der Waals surface area (Å²) in [5.74, 6) is 0.605. The highest BCUT2D eigenvalue weighted by Crippen LogP contribution is 2.37. The molecule has 0 bridgehead atoms. The quantitative estimate of drug-likeness (QED) is 0.773. The summed E-state index contributed by atoms with van der Waals surface area (Å²) in [7, 11) is 2.14. The Morgan fingerprint density at radius 3 is 3.00 bits per heavy atom. The number of likely N-dealkylation sites (tertiary alicyclic amines) is 1. The van der Waals surface area contributed by atoms with Crippen LogP contribution in [0.15, 0.2) is 10.5 Å². The molecule has 1 saturated heterocycles. The summed E-state index contributed by atoms with van der Waals surface area (Å²) in [4.78, 5) is 15.1. The van der Waals surface area contributed by atoms with E-state index in [1.807, 2.05) is 6.07 Å². The van der Waals surface area contributed by atoms with Crippen molar-refractivity contribution in [2.45, 2.75) is 12.3 Å². The number of carbonyl (C=O) groups excluding carboxylic acids is 1. The minimum absolute atomic E-state index is 0.605. The third-order valence-electron chi connectivity index (χ3n) is 2.61. The van der Waals surface area contributed by atoms with E-state index in [1.54, 1.807) is 11.3 Å². The molecular formula is C10H12BrNOS. The highest BCUT2D eigenvalue weighted by atomic mass is 79.9. The Hall–Kier alpha value is -0.190. The maximum atomic E-state index is 10.6. The Kier molecular flexibility index (Phi) is 3.04. The number of thiophene rings is 1. The number of aldehydes is 1. The number of halogens is 1. The minimum atomic E-state index is 0.605. The van der Waals surface area contributed by atoms with E-state index in [0.29, 0.717) is 5.92 Å². The van der Waals surface area contributed by atoms with E-state index in [1.165, 1.54) is 11.3 Å². The van der Waals surface area contributed by atoms with Crippen molar-refractivity contribution < 1.29 is 4.79 Å². The molecule has 0 aromatic carbocycles. The SMILES string of the molecule is CN1CCC(c2sc(C=O)cc2Br)C1. The standard InChI is InChI=1S/C10H12BrNOS/c1-12-3-2-7(5-12)10-9(11)4-8(6-13)14-10/h4,6-7H,2-3,5H2,1H3. The van der Waals surface area contributed by atoms with Crippen LogP contribution in [0.25, 0.3) is 0 Å². The maximum absolute atomic E-state index is 10.6.